The van der Waals surface area contributed by atoms with Crippen LogP contribution in [0.25, 0.3) is 0 Å². The molecule has 5 nitrogen and oxygen atoms in total. The van der Waals surface area contributed by atoms with Crippen LogP contribution in [0.4, 0.5) is 4.39 Å². The lowest BCUT2D eigenvalue weighted by molar-refractivity contribution is 0.0971. The Labute approximate surface area is 140 Å². The molecule has 0 radical (unpaired) electrons. The van der Waals surface area contributed by atoms with Gasteiger partial charge >= 0.3 is 0 Å². The minimum atomic E-state index is -0.487. The second kappa shape index (κ2) is 5.35. The molecule has 0 spiro atoms. The van der Waals surface area contributed by atoms with Gasteiger partial charge in [0.25, 0.3) is 0 Å². The van der Waals surface area contributed by atoms with Crippen molar-refractivity contribution >= 4 is 23.2 Å². The van der Waals surface area contributed by atoms with Crippen molar-refractivity contribution in [3.63, 3.8) is 0 Å². The minimum Gasteiger partial charge on any atom is -0.287 e. The average Bonchev–Trinajstić information content (AvgIpc) is 2.96. The van der Waals surface area contributed by atoms with Crippen LogP contribution in [0.1, 0.15) is 37.7 Å². The van der Waals surface area contributed by atoms with Crippen LogP contribution in [0.5, 0.6) is 0 Å². The van der Waals surface area contributed by atoms with Gasteiger partial charge in [0.2, 0.25) is 11.6 Å². The third kappa shape index (κ3) is 2.23. The van der Waals surface area contributed by atoms with Crippen molar-refractivity contribution in [2.75, 3.05) is 0 Å². The van der Waals surface area contributed by atoms with Crippen molar-refractivity contribution in [2.45, 2.75) is 6.54 Å². The Hall–Kier alpha value is -2.86. The average molecular weight is 342 g/mol. The van der Waals surface area contributed by atoms with E-state index in [1.807, 2.05) is 0 Å². The van der Waals surface area contributed by atoms with Gasteiger partial charge in [0, 0.05) is 16.1 Å². The molecule has 1 heterocycles. The molecular weight excluding hydrogens is 333 g/mol. The van der Waals surface area contributed by atoms with Crippen LogP contribution < -0.4 is 0 Å². The lowest BCUT2D eigenvalue weighted by atomic mass is 9.90. The van der Waals surface area contributed by atoms with E-state index in [0.717, 1.165) is 0 Å². The number of halogens is 2. The van der Waals surface area contributed by atoms with E-state index in [4.69, 9.17) is 11.6 Å². The Bertz CT molecular complexity index is 993. The summed E-state index contributed by atoms with van der Waals surface area (Å²) in [5, 5.41) is 7.98. The number of ketones is 2. The molecule has 4 rings (SSSR count). The summed E-state index contributed by atoms with van der Waals surface area (Å²) in [6.45, 7) is 0.0843. The Balaban J connectivity index is 1.80. The fourth-order valence-electron chi connectivity index (χ4n) is 2.81. The molecule has 0 saturated carbocycles. The first-order valence-electron chi connectivity index (χ1n) is 7.11. The molecule has 0 bridgehead atoms. The summed E-state index contributed by atoms with van der Waals surface area (Å²) in [6.07, 6.45) is 0. The number of aromatic nitrogens is 3. The third-order valence-corrected chi connectivity index (χ3v) is 4.05. The molecule has 0 saturated heterocycles. The highest BCUT2D eigenvalue weighted by Crippen LogP contribution is 2.26. The van der Waals surface area contributed by atoms with Crippen molar-refractivity contribution in [3.05, 3.63) is 81.4 Å². The zero-order valence-corrected chi connectivity index (χ0v) is 12.9. The van der Waals surface area contributed by atoms with Crippen molar-refractivity contribution in [3.8, 4) is 0 Å². The summed E-state index contributed by atoms with van der Waals surface area (Å²) >= 11 is 5.85. The van der Waals surface area contributed by atoms with Gasteiger partial charge in [-0.05, 0) is 23.8 Å². The molecule has 2 aromatic carbocycles. The summed E-state index contributed by atoms with van der Waals surface area (Å²) in [5.41, 5.74) is 1.28. The molecule has 118 valence electrons. The number of carbonyl (C=O) groups is 2. The van der Waals surface area contributed by atoms with Crippen LogP contribution in [0.2, 0.25) is 5.02 Å². The Morgan fingerprint density at radius 3 is 2.46 bits per heavy atom. The van der Waals surface area contributed by atoms with Crippen LogP contribution in [-0.2, 0) is 6.54 Å². The second-order valence-electron chi connectivity index (χ2n) is 5.43. The van der Waals surface area contributed by atoms with Gasteiger partial charge in [0.1, 0.15) is 11.5 Å². The normalized spacial score (nSPS) is 12.9. The largest absolute Gasteiger partial charge is 0.287 e. The number of hydrogen-bond donors (Lipinski definition) is 0. The maximum atomic E-state index is 13.5. The van der Waals surface area contributed by atoms with Crippen molar-refractivity contribution in [2.24, 2.45) is 0 Å². The smallest absolute Gasteiger partial charge is 0.216 e. The first-order chi connectivity index (χ1) is 11.5. The summed E-state index contributed by atoms with van der Waals surface area (Å²) in [7, 11) is 0. The molecule has 0 atom stereocenters. The number of fused-ring (bicyclic) bond motifs is 2. The molecule has 0 amide bonds. The van der Waals surface area contributed by atoms with E-state index < -0.39 is 5.82 Å². The SMILES string of the molecule is O=C1c2ccccc2C(=O)c2c1nnn2Cc1cc(F)cc(Cl)c1. The van der Waals surface area contributed by atoms with E-state index >= 15 is 0 Å². The summed E-state index contributed by atoms with van der Waals surface area (Å²) in [4.78, 5) is 25.2. The summed E-state index contributed by atoms with van der Waals surface area (Å²) in [6, 6.07) is 10.6. The fourth-order valence-corrected chi connectivity index (χ4v) is 3.06. The topological polar surface area (TPSA) is 64.8 Å². The van der Waals surface area contributed by atoms with E-state index in [1.54, 1.807) is 30.3 Å². The summed E-state index contributed by atoms with van der Waals surface area (Å²) < 4.78 is 14.8. The zero-order valence-electron chi connectivity index (χ0n) is 12.2. The lowest BCUT2D eigenvalue weighted by Gasteiger charge is -2.14. The molecule has 24 heavy (non-hydrogen) atoms. The van der Waals surface area contributed by atoms with Gasteiger partial charge < -0.3 is 0 Å². The number of rotatable bonds is 2. The standard InChI is InChI=1S/C17H9ClFN3O2/c18-10-5-9(6-11(19)7-10)8-22-15-14(20-21-22)16(23)12-3-1-2-4-13(12)17(15)24/h1-7H,8H2. The Morgan fingerprint density at radius 1 is 1.04 bits per heavy atom. The lowest BCUT2D eigenvalue weighted by Crippen LogP contribution is -2.23. The molecule has 0 unspecified atom stereocenters. The fraction of sp³-hybridized carbons (Fsp3) is 0.0588. The predicted molar refractivity (Wildman–Crippen MR) is 83.8 cm³/mol. The molecule has 1 aromatic heterocycles. The maximum Gasteiger partial charge on any atom is 0.216 e. The van der Waals surface area contributed by atoms with E-state index in [9.17, 15) is 14.0 Å². The highest BCUT2D eigenvalue weighted by Gasteiger charge is 2.34. The quantitative estimate of drug-likeness (QED) is 0.562. The molecule has 1 aliphatic rings. The Morgan fingerprint density at radius 2 is 1.75 bits per heavy atom. The van der Waals surface area contributed by atoms with Gasteiger partial charge in [0.15, 0.2) is 5.69 Å². The van der Waals surface area contributed by atoms with Gasteiger partial charge in [-0.3, -0.25) is 9.59 Å². The third-order valence-electron chi connectivity index (χ3n) is 3.84. The van der Waals surface area contributed by atoms with E-state index in [2.05, 4.69) is 10.3 Å². The number of benzene rings is 2. The van der Waals surface area contributed by atoms with E-state index in [1.165, 1.54) is 16.8 Å². The Kier molecular flexibility index (Phi) is 3.28. The molecule has 0 aliphatic heterocycles. The molecule has 7 heteroatoms. The highest BCUT2D eigenvalue weighted by atomic mass is 35.5. The van der Waals surface area contributed by atoms with Gasteiger partial charge in [-0.1, -0.05) is 41.1 Å². The zero-order chi connectivity index (χ0) is 16.8. The van der Waals surface area contributed by atoms with Crippen LogP contribution in [0.15, 0.2) is 42.5 Å². The monoisotopic (exact) mass is 341 g/mol. The van der Waals surface area contributed by atoms with Crippen LogP contribution in [0, 0.1) is 5.82 Å². The maximum absolute atomic E-state index is 13.5. The first kappa shape index (κ1) is 14.7. The summed E-state index contributed by atoms with van der Waals surface area (Å²) in [5.74, 6) is -1.16. The van der Waals surface area contributed by atoms with Crippen molar-refractivity contribution in [1.29, 1.82) is 0 Å². The van der Waals surface area contributed by atoms with Crippen molar-refractivity contribution in [1.82, 2.24) is 15.0 Å². The van der Waals surface area contributed by atoms with E-state index in [-0.39, 0.29) is 34.5 Å². The second-order valence-corrected chi connectivity index (χ2v) is 5.86. The van der Waals surface area contributed by atoms with Gasteiger partial charge in [-0.15, -0.1) is 5.10 Å². The number of nitrogens with zero attached hydrogens (tertiary/aromatic N) is 3. The molecular formula is C17H9ClFN3O2. The van der Waals surface area contributed by atoms with Gasteiger partial charge in [-0.2, -0.15) is 0 Å². The number of carbonyl (C=O) groups excluding carboxylic acids is 2. The van der Waals surface area contributed by atoms with Crippen molar-refractivity contribution < 1.29 is 14.0 Å². The van der Waals surface area contributed by atoms with Gasteiger partial charge in [-0.25, -0.2) is 9.07 Å². The molecule has 0 N–H and O–H groups in total. The van der Waals surface area contributed by atoms with Crippen LogP contribution in [-0.4, -0.2) is 26.6 Å². The van der Waals surface area contributed by atoms with E-state index in [0.29, 0.717) is 16.7 Å². The predicted octanol–water partition coefficient (Wildman–Crippen LogP) is 2.89. The molecule has 3 aromatic rings. The first-order valence-corrected chi connectivity index (χ1v) is 7.49. The number of hydrogen-bond acceptors (Lipinski definition) is 4. The van der Waals surface area contributed by atoms with Gasteiger partial charge in [0.05, 0.1) is 6.54 Å². The molecule has 0 fully saturated rings. The van der Waals surface area contributed by atoms with Crippen LogP contribution in [0.3, 0.4) is 0 Å². The molecule has 1 aliphatic carbocycles. The van der Waals surface area contributed by atoms with Crippen LogP contribution >= 0.6 is 11.6 Å². The minimum absolute atomic E-state index is 0.0150. The highest BCUT2D eigenvalue weighted by molar-refractivity contribution is 6.30.